The van der Waals surface area contributed by atoms with Crippen LogP contribution in [-0.4, -0.2) is 65.6 Å². The molecule has 37 heavy (non-hydrogen) atoms. The average molecular weight is 564 g/mol. The molecule has 2 heterocycles. The van der Waals surface area contributed by atoms with E-state index in [1.807, 2.05) is 13.8 Å². The van der Waals surface area contributed by atoms with E-state index in [1.54, 1.807) is 18.2 Å². The van der Waals surface area contributed by atoms with Crippen molar-refractivity contribution >= 4 is 61.9 Å². The minimum atomic E-state index is -3.68. The quantitative estimate of drug-likeness (QED) is 0.404. The summed E-state index contributed by atoms with van der Waals surface area (Å²) >= 11 is 6.42. The number of morpholine rings is 1. The predicted octanol–water partition coefficient (Wildman–Crippen LogP) is 3.85. The van der Waals surface area contributed by atoms with Crippen molar-refractivity contribution in [2.75, 3.05) is 25.0 Å². The number of halogens is 1. The van der Waals surface area contributed by atoms with Gasteiger partial charge in [0, 0.05) is 31.7 Å². The van der Waals surface area contributed by atoms with Gasteiger partial charge in [-0.1, -0.05) is 36.1 Å². The predicted molar refractivity (Wildman–Crippen MR) is 145 cm³/mol. The Kier molecular flexibility index (Phi) is 8.44. The number of carbonyl (C=O) groups is 2. The largest absolute Gasteiger partial charge is 0.373 e. The molecule has 0 bridgehead atoms. The standard InChI is InChI=1S/C25H26FN3O5S3/c1-16-14-28(15-17(2)34-16)37(32,33)21-9-7-20(8-10-21)27-23(30)11-12-29-24(31)22(36-25(29)35)13-18-3-5-19(26)6-4-18/h3-10,13,16-17H,11-12,14-15H2,1-2H3,(H,27,30). The molecule has 1 N–H and O–H groups in total. The van der Waals surface area contributed by atoms with Crippen molar-refractivity contribution in [1.29, 1.82) is 0 Å². The summed E-state index contributed by atoms with van der Waals surface area (Å²) < 4.78 is 46.5. The third-order valence-corrected chi connectivity index (χ3v) is 8.99. The summed E-state index contributed by atoms with van der Waals surface area (Å²) in [6.45, 7) is 4.32. The molecule has 8 nitrogen and oxygen atoms in total. The number of sulfonamides is 1. The molecule has 4 rings (SSSR count). The number of amides is 2. The van der Waals surface area contributed by atoms with Gasteiger partial charge in [0.2, 0.25) is 15.9 Å². The fraction of sp³-hybridized carbons (Fsp3) is 0.320. The molecule has 2 aliphatic rings. The van der Waals surface area contributed by atoms with E-state index in [1.165, 1.54) is 45.6 Å². The third-order valence-electron chi connectivity index (χ3n) is 5.77. The van der Waals surface area contributed by atoms with Crippen LogP contribution in [0.4, 0.5) is 10.1 Å². The number of benzene rings is 2. The Balaban J connectivity index is 1.33. The van der Waals surface area contributed by atoms with Gasteiger partial charge in [-0.25, -0.2) is 12.8 Å². The SMILES string of the molecule is CC1CN(S(=O)(=O)c2ccc(NC(=O)CCN3C(=O)C(=Cc4ccc(F)cc4)SC3=S)cc2)CC(C)O1. The average Bonchev–Trinajstić information content (AvgIpc) is 3.11. The smallest absolute Gasteiger partial charge is 0.266 e. The Labute approximate surface area is 224 Å². The molecule has 2 atom stereocenters. The zero-order valence-electron chi connectivity index (χ0n) is 20.2. The van der Waals surface area contributed by atoms with Crippen LogP contribution in [0.5, 0.6) is 0 Å². The summed E-state index contributed by atoms with van der Waals surface area (Å²) in [5.74, 6) is -1.02. The lowest BCUT2D eigenvalue weighted by molar-refractivity contribution is -0.122. The Hall–Kier alpha value is -2.64. The van der Waals surface area contributed by atoms with Gasteiger partial charge in [0.1, 0.15) is 10.1 Å². The number of hydrogen-bond donors (Lipinski definition) is 1. The van der Waals surface area contributed by atoms with E-state index in [-0.39, 0.29) is 60.8 Å². The van der Waals surface area contributed by atoms with Crippen molar-refractivity contribution in [3.63, 3.8) is 0 Å². The summed E-state index contributed by atoms with van der Waals surface area (Å²) in [6.07, 6.45) is 1.24. The fourth-order valence-electron chi connectivity index (χ4n) is 4.03. The Morgan fingerprint density at radius 3 is 2.38 bits per heavy atom. The Morgan fingerprint density at radius 1 is 1.14 bits per heavy atom. The van der Waals surface area contributed by atoms with Crippen molar-refractivity contribution in [3.05, 3.63) is 64.8 Å². The maximum Gasteiger partial charge on any atom is 0.266 e. The van der Waals surface area contributed by atoms with Gasteiger partial charge in [-0.15, -0.1) is 0 Å². The van der Waals surface area contributed by atoms with Crippen LogP contribution < -0.4 is 5.32 Å². The minimum Gasteiger partial charge on any atom is -0.373 e. The maximum atomic E-state index is 13.1. The molecule has 0 spiro atoms. The first-order chi connectivity index (χ1) is 17.5. The molecule has 2 amide bonds. The number of hydrogen-bond acceptors (Lipinski definition) is 7. The van der Waals surface area contributed by atoms with E-state index >= 15 is 0 Å². The van der Waals surface area contributed by atoms with Crippen molar-refractivity contribution in [2.45, 2.75) is 37.4 Å². The monoisotopic (exact) mass is 563 g/mol. The van der Waals surface area contributed by atoms with E-state index in [0.717, 1.165) is 11.8 Å². The number of anilines is 1. The van der Waals surface area contributed by atoms with Crippen LogP contribution in [0.15, 0.2) is 58.3 Å². The molecule has 0 saturated carbocycles. The zero-order valence-corrected chi connectivity index (χ0v) is 22.7. The molecule has 2 aliphatic heterocycles. The van der Waals surface area contributed by atoms with Gasteiger partial charge in [0.15, 0.2) is 0 Å². The van der Waals surface area contributed by atoms with E-state index in [0.29, 0.717) is 20.5 Å². The second-order valence-electron chi connectivity index (χ2n) is 8.79. The normalized spacial score (nSPS) is 22.0. The molecular weight excluding hydrogens is 537 g/mol. The minimum absolute atomic E-state index is 0.000126. The molecule has 0 radical (unpaired) electrons. The highest BCUT2D eigenvalue weighted by molar-refractivity contribution is 8.26. The fourth-order valence-corrected chi connectivity index (χ4v) is 6.93. The first-order valence-electron chi connectivity index (χ1n) is 11.6. The van der Waals surface area contributed by atoms with Crippen LogP contribution in [0.3, 0.4) is 0 Å². The number of ether oxygens (including phenoxy) is 1. The molecule has 2 aromatic carbocycles. The summed E-state index contributed by atoms with van der Waals surface area (Å²) in [5.41, 5.74) is 1.11. The van der Waals surface area contributed by atoms with Gasteiger partial charge < -0.3 is 10.1 Å². The van der Waals surface area contributed by atoms with Crippen molar-refractivity contribution < 1.29 is 27.1 Å². The molecule has 2 saturated heterocycles. The molecule has 196 valence electrons. The van der Waals surface area contributed by atoms with Crippen LogP contribution in [0.1, 0.15) is 25.8 Å². The number of carbonyl (C=O) groups excluding carboxylic acids is 2. The van der Waals surface area contributed by atoms with Crippen LogP contribution >= 0.6 is 24.0 Å². The van der Waals surface area contributed by atoms with Gasteiger partial charge in [-0.05, 0) is 61.9 Å². The van der Waals surface area contributed by atoms with Crippen LogP contribution in [0.25, 0.3) is 6.08 Å². The van der Waals surface area contributed by atoms with E-state index in [4.69, 9.17) is 17.0 Å². The number of nitrogens with one attached hydrogen (secondary N) is 1. The van der Waals surface area contributed by atoms with Crippen LogP contribution in [0.2, 0.25) is 0 Å². The summed E-state index contributed by atoms with van der Waals surface area (Å²) in [7, 11) is -3.68. The second-order valence-corrected chi connectivity index (χ2v) is 12.4. The van der Waals surface area contributed by atoms with E-state index in [9.17, 15) is 22.4 Å². The number of rotatable bonds is 7. The van der Waals surface area contributed by atoms with Crippen molar-refractivity contribution in [3.8, 4) is 0 Å². The Bertz CT molecular complexity index is 1320. The van der Waals surface area contributed by atoms with Crippen molar-refractivity contribution in [2.24, 2.45) is 0 Å². The topological polar surface area (TPSA) is 96.0 Å². The van der Waals surface area contributed by atoms with Crippen LogP contribution in [0, 0.1) is 5.82 Å². The molecule has 2 fully saturated rings. The van der Waals surface area contributed by atoms with E-state index < -0.39 is 10.0 Å². The van der Waals surface area contributed by atoms with Gasteiger partial charge in [0.05, 0.1) is 22.0 Å². The molecule has 0 aliphatic carbocycles. The highest BCUT2D eigenvalue weighted by Crippen LogP contribution is 2.32. The van der Waals surface area contributed by atoms with Crippen LogP contribution in [-0.2, 0) is 24.3 Å². The summed E-state index contributed by atoms with van der Waals surface area (Å²) in [4.78, 5) is 27.1. The highest BCUT2D eigenvalue weighted by Gasteiger charge is 2.33. The van der Waals surface area contributed by atoms with Gasteiger partial charge in [-0.2, -0.15) is 4.31 Å². The highest BCUT2D eigenvalue weighted by atomic mass is 32.2. The van der Waals surface area contributed by atoms with Gasteiger partial charge in [-0.3, -0.25) is 14.5 Å². The number of thioether (sulfide) groups is 1. The lowest BCUT2D eigenvalue weighted by Crippen LogP contribution is -2.48. The van der Waals surface area contributed by atoms with Gasteiger partial charge >= 0.3 is 0 Å². The Morgan fingerprint density at radius 2 is 1.76 bits per heavy atom. The zero-order chi connectivity index (χ0) is 26.7. The molecular formula is C25H26FN3O5S3. The number of nitrogens with zero attached hydrogens (tertiary/aromatic N) is 2. The lowest BCUT2D eigenvalue weighted by atomic mass is 10.2. The van der Waals surface area contributed by atoms with Gasteiger partial charge in [0.25, 0.3) is 5.91 Å². The summed E-state index contributed by atoms with van der Waals surface area (Å²) in [6, 6.07) is 11.7. The molecule has 0 aromatic heterocycles. The van der Waals surface area contributed by atoms with E-state index in [2.05, 4.69) is 5.32 Å². The molecule has 2 unspecified atom stereocenters. The lowest BCUT2D eigenvalue weighted by Gasteiger charge is -2.34. The second kappa shape index (κ2) is 11.4. The molecule has 12 heteroatoms. The number of thiocarbonyl (C=S) groups is 1. The van der Waals surface area contributed by atoms with Crippen molar-refractivity contribution in [1.82, 2.24) is 9.21 Å². The maximum absolute atomic E-state index is 13.1. The first-order valence-corrected chi connectivity index (χ1v) is 14.3. The molecule has 2 aromatic rings. The summed E-state index contributed by atoms with van der Waals surface area (Å²) in [5, 5.41) is 2.72. The third kappa shape index (κ3) is 6.63. The first kappa shape index (κ1) is 27.4.